The molecule has 0 aliphatic carbocycles. The summed E-state index contributed by atoms with van der Waals surface area (Å²) in [6.07, 6.45) is 0. The molecule has 2 rings (SSSR count). The fraction of sp³-hybridized carbons (Fsp3) is 0.111. The fourth-order valence-corrected chi connectivity index (χ4v) is 2.41. The smallest absolute Gasteiger partial charge is 0.338 e. The predicted molar refractivity (Wildman–Crippen MR) is 52.4 cm³/mol. The summed E-state index contributed by atoms with van der Waals surface area (Å²) in [7, 11) is 0. The van der Waals surface area contributed by atoms with Crippen molar-refractivity contribution in [1.82, 2.24) is 0 Å². The minimum Gasteiger partial charge on any atom is -0.478 e. The van der Waals surface area contributed by atoms with Gasteiger partial charge in [-0.15, -0.1) is 11.8 Å². The number of carbonyl (C=O) groups is 1. The van der Waals surface area contributed by atoms with E-state index in [2.05, 4.69) is 5.16 Å². The molecule has 0 fully saturated rings. The van der Waals surface area contributed by atoms with E-state index in [-0.39, 0.29) is 5.56 Å². The molecule has 1 aromatic rings. The maximum Gasteiger partial charge on any atom is 0.338 e. The van der Waals surface area contributed by atoms with Gasteiger partial charge in [0.1, 0.15) is 5.82 Å². The average molecular weight is 227 g/mol. The Labute approximate surface area is 88.4 Å². The Balaban J connectivity index is 2.59. The number of rotatable bonds is 1. The topological polar surface area (TPSA) is 69.9 Å². The van der Waals surface area contributed by atoms with E-state index in [9.17, 15) is 9.18 Å². The maximum atomic E-state index is 13.3. The minimum absolute atomic E-state index is 0.361. The number of fused-ring (bicyclic) bond motifs is 1. The van der Waals surface area contributed by atoms with Gasteiger partial charge in [0.15, 0.2) is 0 Å². The van der Waals surface area contributed by atoms with Crippen LogP contribution in [0.5, 0.6) is 0 Å². The van der Waals surface area contributed by atoms with Crippen LogP contribution in [0.25, 0.3) is 0 Å². The Morgan fingerprint density at radius 1 is 1.53 bits per heavy atom. The molecule has 2 N–H and O–H groups in total. The maximum absolute atomic E-state index is 13.3. The molecule has 0 spiro atoms. The highest BCUT2D eigenvalue weighted by Crippen LogP contribution is 2.33. The highest BCUT2D eigenvalue weighted by atomic mass is 32.2. The van der Waals surface area contributed by atoms with Gasteiger partial charge in [-0.1, -0.05) is 5.16 Å². The van der Waals surface area contributed by atoms with Crippen LogP contribution >= 0.6 is 11.8 Å². The standard InChI is InChI=1S/C9H6FNO3S/c10-6-1-5-7(11-14)3-15-8(5)2-4(6)9(12)13/h1-2,14H,3H2,(H,12,13). The zero-order chi connectivity index (χ0) is 11.0. The monoisotopic (exact) mass is 227 g/mol. The largest absolute Gasteiger partial charge is 0.478 e. The molecule has 0 amide bonds. The average Bonchev–Trinajstić information content (AvgIpc) is 2.58. The molecule has 15 heavy (non-hydrogen) atoms. The van der Waals surface area contributed by atoms with E-state index in [4.69, 9.17) is 10.3 Å². The molecule has 1 aliphatic heterocycles. The summed E-state index contributed by atoms with van der Waals surface area (Å²) >= 11 is 1.32. The Morgan fingerprint density at radius 2 is 2.27 bits per heavy atom. The van der Waals surface area contributed by atoms with E-state index in [1.54, 1.807) is 0 Å². The van der Waals surface area contributed by atoms with E-state index in [0.29, 0.717) is 21.9 Å². The van der Waals surface area contributed by atoms with Gasteiger partial charge in [-0.05, 0) is 12.1 Å². The van der Waals surface area contributed by atoms with Crippen LogP contribution in [0.15, 0.2) is 22.2 Å². The molecule has 0 atom stereocenters. The van der Waals surface area contributed by atoms with Gasteiger partial charge in [0.05, 0.1) is 11.3 Å². The zero-order valence-electron chi connectivity index (χ0n) is 7.40. The second-order valence-electron chi connectivity index (χ2n) is 2.97. The number of carboxylic acid groups (broad SMARTS) is 1. The first kappa shape index (κ1) is 9.97. The third-order valence-electron chi connectivity index (χ3n) is 2.10. The van der Waals surface area contributed by atoms with Crippen molar-refractivity contribution in [1.29, 1.82) is 0 Å². The van der Waals surface area contributed by atoms with E-state index in [0.717, 1.165) is 6.07 Å². The molecule has 0 unspecified atom stereocenters. The minimum atomic E-state index is -1.30. The highest BCUT2D eigenvalue weighted by Gasteiger charge is 2.23. The zero-order valence-corrected chi connectivity index (χ0v) is 8.21. The van der Waals surface area contributed by atoms with E-state index < -0.39 is 11.8 Å². The Morgan fingerprint density at radius 3 is 2.87 bits per heavy atom. The van der Waals surface area contributed by atoms with Crippen molar-refractivity contribution in [3.8, 4) is 0 Å². The van der Waals surface area contributed by atoms with Gasteiger partial charge in [-0.2, -0.15) is 0 Å². The van der Waals surface area contributed by atoms with Crippen molar-refractivity contribution < 1.29 is 19.5 Å². The third kappa shape index (κ3) is 1.56. The Hall–Kier alpha value is -1.56. The predicted octanol–water partition coefficient (Wildman–Crippen LogP) is 1.81. The normalized spacial score (nSPS) is 16.7. The van der Waals surface area contributed by atoms with Crippen molar-refractivity contribution in [2.75, 3.05) is 5.75 Å². The summed E-state index contributed by atoms with van der Waals surface area (Å²) in [6.45, 7) is 0. The first-order chi connectivity index (χ1) is 7.13. The molecular weight excluding hydrogens is 221 g/mol. The lowest BCUT2D eigenvalue weighted by Crippen LogP contribution is -2.04. The van der Waals surface area contributed by atoms with Crippen LogP contribution in [-0.4, -0.2) is 27.7 Å². The van der Waals surface area contributed by atoms with Crippen molar-refractivity contribution in [3.05, 3.63) is 29.1 Å². The number of carboxylic acids is 1. The van der Waals surface area contributed by atoms with Gasteiger partial charge < -0.3 is 10.3 Å². The number of aromatic carboxylic acids is 1. The molecule has 0 saturated heterocycles. The summed E-state index contributed by atoms with van der Waals surface area (Å²) in [5.41, 5.74) is 0.469. The van der Waals surface area contributed by atoms with Crippen LogP contribution < -0.4 is 0 Å². The second kappa shape index (κ2) is 3.54. The van der Waals surface area contributed by atoms with Crippen LogP contribution in [0.1, 0.15) is 15.9 Å². The summed E-state index contributed by atoms with van der Waals surface area (Å²) in [5, 5.41) is 20.3. The lowest BCUT2D eigenvalue weighted by Gasteiger charge is -2.01. The van der Waals surface area contributed by atoms with Crippen LogP contribution in [0.3, 0.4) is 0 Å². The van der Waals surface area contributed by atoms with Crippen LogP contribution in [0.4, 0.5) is 4.39 Å². The number of hydrogen-bond acceptors (Lipinski definition) is 4. The number of oxime groups is 1. The lowest BCUT2D eigenvalue weighted by molar-refractivity contribution is 0.0691. The summed E-state index contributed by atoms with van der Waals surface area (Å²) in [6, 6.07) is 2.35. The number of thioether (sulfide) groups is 1. The molecule has 4 nitrogen and oxygen atoms in total. The van der Waals surface area contributed by atoms with Crippen molar-refractivity contribution in [2.45, 2.75) is 4.90 Å². The molecule has 6 heteroatoms. The number of nitrogens with zero attached hydrogens (tertiary/aromatic N) is 1. The lowest BCUT2D eigenvalue weighted by atomic mass is 10.1. The van der Waals surface area contributed by atoms with E-state index in [1.807, 2.05) is 0 Å². The number of benzene rings is 1. The molecule has 0 aromatic heterocycles. The van der Waals surface area contributed by atoms with Gasteiger partial charge in [-0.3, -0.25) is 0 Å². The van der Waals surface area contributed by atoms with Crippen molar-refractivity contribution in [3.63, 3.8) is 0 Å². The number of hydrogen-bond donors (Lipinski definition) is 2. The molecule has 78 valence electrons. The highest BCUT2D eigenvalue weighted by molar-refractivity contribution is 8.00. The van der Waals surface area contributed by atoms with Gasteiger partial charge in [0.2, 0.25) is 0 Å². The van der Waals surface area contributed by atoms with Gasteiger partial charge >= 0.3 is 5.97 Å². The quantitative estimate of drug-likeness (QED) is 0.567. The third-order valence-corrected chi connectivity index (χ3v) is 3.16. The number of halogens is 1. The molecule has 0 bridgehead atoms. The molecular formula is C9H6FNO3S. The van der Waals surface area contributed by atoms with Crippen LogP contribution in [0, 0.1) is 5.82 Å². The molecule has 1 heterocycles. The Bertz CT molecular complexity index is 473. The first-order valence-electron chi connectivity index (χ1n) is 4.04. The fourth-order valence-electron chi connectivity index (χ4n) is 1.37. The van der Waals surface area contributed by atoms with Gasteiger partial charge in [0.25, 0.3) is 0 Å². The summed E-state index contributed by atoms with van der Waals surface area (Å²) in [4.78, 5) is 11.3. The molecule has 0 radical (unpaired) electrons. The Kier molecular flexibility index (Phi) is 2.36. The molecule has 1 aromatic carbocycles. The van der Waals surface area contributed by atoms with E-state index in [1.165, 1.54) is 17.8 Å². The summed E-state index contributed by atoms with van der Waals surface area (Å²) in [5.74, 6) is -1.69. The SMILES string of the molecule is O=C(O)c1cc2c(cc1F)C(=NO)CS2. The van der Waals surface area contributed by atoms with Crippen molar-refractivity contribution in [2.24, 2.45) is 5.16 Å². The summed E-state index contributed by atoms with van der Waals surface area (Å²) < 4.78 is 13.3. The van der Waals surface area contributed by atoms with Gasteiger partial charge in [-0.25, -0.2) is 9.18 Å². The van der Waals surface area contributed by atoms with E-state index >= 15 is 0 Å². The first-order valence-corrected chi connectivity index (χ1v) is 5.03. The molecule has 1 aliphatic rings. The van der Waals surface area contributed by atoms with Crippen molar-refractivity contribution >= 4 is 23.4 Å². The molecule has 0 saturated carbocycles. The van der Waals surface area contributed by atoms with Crippen LogP contribution in [-0.2, 0) is 0 Å². The van der Waals surface area contributed by atoms with Crippen LogP contribution in [0.2, 0.25) is 0 Å². The second-order valence-corrected chi connectivity index (χ2v) is 3.99. The van der Waals surface area contributed by atoms with Gasteiger partial charge in [0, 0.05) is 16.2 Å².